The first-order valence-corrected chi connectivity index (χ1v) is 5.46. The number of methoxy groups -OCH3 is 1. The van der Waals surface area contributed by atoms with Crippen LogP contribution in [0.25, 0.3) is 0 Å². The van der Waals surface area contributed by atoms with Crippen molar-refractivity contribution in [3.8, 4) is 5.75 Å². The Morgan fingerprint density at radius 3 is 2.82 bits per heavy atom. The highest BCUT2D eigenvalue weighted by atomic mass is 16.5. The molecule has 92 valence electrons. The van der Waals surface area contributed by atoms with Crippen LogP contribution in [0.4, 0.5) is 0 Å². The van der Waals surface area contributed by atoms with Crippen LogP contribution in [0.5, 0.6) is 5.75 Å². The molecule has 2 rings (SSSR count). The zero-order valence-corrected chi connectivity index (χ0v) is 10.5. The van der Waals surface area contributed by atoms with Crippen LogP contribution in [0, 0.1) is 6.92 Å². The third-order valence-corrected chi connectivity index (χ3v) is 2.90. The van der Waals surface area contributed by atoms with Crippen LogP contribution in [-0.2, 0) is 7.05 Å². The van der Waals surface area contributed by atoms with Gasteiger partial charge in [0.15, 0.2) is 5.75 Å². The van der Waals surface area contributed by atoms with Gasteiger partial charge in [-0.3, -0.25) is 4.68 Å². The average molecular weight is 235 g/mol. The molecule has 2 heterocycles. The number of ether oxygens (including phenoxy) is 1. The summed E-state index contributed by atoms with van der Waals surface area (Å²) >= 11 is 0. The van der Waals surface area contributed by atoms with Gasteiger partial charge in [0.2, 0.25) is 0 Å². The number of aryl methyl sites for hydroxylation is 2. The van der Waals surface area contributed by atoms with Gasteiger partial charge in [-0.15, -0.1) is 0 Å². The van der Waals surface area contributed by atoms with Crippen molar-refractivity contribution in [1.82, 2.24) is 15.1 Å². The summed E-state index contributed by atoms with van der Waals surface area (Å²) in [6, 6.07) is 1.88. The molecule has 5 heteroatoms. The van der Waals surface area contributed by atoms with Crippen molar-refractivity contribution in [3.05, 3.63) is 35.5 Å². The van der Waals surface area contributed by atoms with Crippen molar-refractivity contribution in [2.45, 2.75) is 13.0 Å². The first kappa shape index (κ1) is 11.7. The smallest absolute Gasteiger partial charge is 0.162 e. The van der Waals surface area contributed by atoms with Gasteiger partial charge in [-0.2, -0.15) is 5.10 Å². The molecule has 2 aromatic heterocycles. The Bertz CT molecular complexity index is 502. The van der Waals surface area contributed by atoms with Crippen molar-refractivity contribution in [2.75, 3.05) is 14.2 Å². The van der Waals surface area contributed by atoms with E-state index < -0.39 is 0 Å². The zero-order valence-electron chi connectivity index (χ0n) is 10.5. The number of rotatable bonds is 4. The normalized spacial score (nSPS) is 12.7. The Hall–Kier alpha value is -1.75. The summed E-state index contributed by atoms with van der Waals surface area (Å²) in [5.41, 5.74) is 2.06. The summed E-state index contributed by atoms with van der Waals surface area (Å²) in [5, 5.41) is 7.43. The van der Waals surface area contributed by atoms with Crippen LogP contribution in [0.2, 0.25) is 0 Å². The number of aromatic nitrogens is 2. The maximum atomic E-state index is 5.54. The van der Waals surface area contributed by atoms with E-state index >= 15 is 0 Å². The predicted octanol–water partition coefficient (Wildman–Crippen LogP) is 1.64. The fourth-order valence-electron chi connectivity index (χ4n) is 1.99. The number of furan rings is 1. The van der Waals surface area contributed by atoms with Crippen molar-refractivity contribution in [3.63, 3.8) is 0 Å². The van der Waals surface area contributed by atoms with Crippen LogP contribution >= 0.6 is 0 Å². The minimum Gasteiger partial charge on any atom is -0.493 e. The molecule has 0 fully saturated rings. The predicted molar refractivity (Wildman–Crippen MR) is 64.1 cm³/mol. The van der Waals surface area contributed by atoms with E-state index in [1.165, 1.54) is 0 Å². The topological polar surface area (TPSA) is 52.2 Å². The summed E-state index contributed by atoms with van der Waals surface area (Å²) in [6.45, 7) is 2.02. The highest BCUT2D eigenvalue weighted by molar-refractivity contribution is 5.35. The van der Waals surface area contributed by atoms with Gasteiger partial charge >= 0.3 is 0 Å². The Balaban J connectivity index is 2.49. The van der Waals surface area contributed by atoms with Gasteiger partial charge in [-0.1, -0.05) is 0 Å². The fraction of sp³-hybridized carbons (Fsp3) is 0.417. The maximum absolute atomic E-state index is 5.54. The molecular formula is C12H17N3O2. The lowest BCUT2D eigenvalue weighted by Gasteiger charge is -2.16. The van der Waals surface area contributed by atoms with Gasteiger partial charge in [0.25, 0.3) is 0 Å². The number of nitrogens with zero attached hydrogens (tertiary/aromatic N) is 2. The second-order valence-corrected chi connectivity index (χ2v) is 3.91. The molecule has 17 heavy (non-hydrogen) atoms. The van der Waals surface area contributed by atoms with Crippen molar-refractivity contribution in [2.24, 2.45) is 7.05 Å². The van der Waals surface area contributed by atoms with Crippen molar-refractivity contribution >= 4 is 0 Å². The highest BCUT2D eigenvalue weighted by Crippen LogP contribution is 2.31. The molecule has 0 aromatic carbocycles. The molecule has 1 N–H and O–H groups in total. The van der Waals surface area contributed by atoms with E-state index in [-0.39, 0.29) is 6.04 Å². The van der Waals surface area contributed by atoms with Crippen LogP contribution in [0.3, 0.4) is 0 Å². The number of hydrogen-bond acceptors (Lipinski definition) is 4. The van der Waals surface area contributed by atoms with Crippen molar-refractivity contribution in [1.29, 1.82) is 0 Å². The molecule has 0 bridgehead atoms. The lowest BCUT2D eigenvalue weighted by molar-refractivity contribution is 0.390. The summed E-state index contributed by atoms with van der Waals surface area (Å²) in [6.07, 6.45) is 3.40. The van der Waals surface area contributed by atoms with E-state index in [2.05, 4.69) is 10.4 Å². The monoisotopic (exact) mass is 235 g/mol. The first-order chi connectivity index (χ1) is 8.19. The fourth-order valence-corrected chi connectivity index (χ4v) is 1.99. The minimum absolute atomic E-state index is 0.0625. The van der Waals surface area contributed by atoms with Gasteiger partial charge in [0.1, 0.15) is 17.5 Å². The molecule has 0 spiro atoms. The molecule has 0 saturated heterocycles. The standard InChI is InChI=1S/C12H17N3O2/c1-8-5-6-17-12(8)10(13-2)11-9(16-4)7-14-15(11)3/h5-7,10,13H,1-4H3. The van der Waals surface area contributed by atoms with Crippen molar-refractivity contribution < 1.29 is 9.15 Å². The lowest BCUT2D eigenvalue weighted by atomic mass is 10.1. The van der Waals surface area contributed by atoms with Crippen LogP contribution < -0.4 is 10.1 Å². The molecule has 0 amide bonds. The quantitative estimate of drug-likeness (QED) is 0.875. The number of hydrogen-bond donors (Lipinski definition) is 1. The Morgan fingerprint density at radius 2 is 2.29 bits per heavy atom. The molecule has 0 aliphatic heterocycles. The van der Waals surface area contributed by atoms with Crippen LogP contribution in [0.15, 0.2) is 22.9 Å². The van der Waals surface area contributed by atoms with Gasteiger partial charge in [0, 0.05) is 7.05 Å². The van der Waals surface area contributed by atoms with Crippen LogP contribution in [-0.4, -0.2) is 23.9 Å². The van der Waals surface area contributed by atoms with Gasteiger partial charge < -0.3 is 14.5 Å². The van der Waals surface area contributed by atoms with E-state index in [0.29, 0.717) is 0 Å². The molecule has 0 saturated carbocycles. The third-order valence-electron chi connectivity index (χ3n) is 2.90. The number of nitrogens with one attached hydrogen (secondary N) is 1. The molecule has 5 nitrogen and oxygen atoms in total. The van der Waals surface area contributed by atoms with Gasteiger partial charge in [0.05, 0.1) is 19.6 Å². The molecule has 0 aliphatic carbocycles. The molecule has 2 aromatic rings. The molecule has 1 unspecified atom stereocenters. The summed E-state index contributed by atoms with van der Waals surface area (Å²) in [7, 11) is 5.42. The van der Waals surface area contributed by atoms with Crippen LogP contribution in [0.1, 0.15) is 23.1 Å². The molecule has 1 atom stereocenters. The summed E-state index contributed by atoms with van der Waals surface area (Å²) < 4.78 is 12.7. The molecular weight excluding hydrogens is 218 g/mol. The highest BCUT2D eigenvalue weighted by Gasteiger charge is 2.24. The minimum atomic E-state index is -0.0625. The second kappa shape index (κ2) is 4.63. The summed E-state index contributed by atoms with van der Waals surface area (Å²) in [5.74, 6) is 1.64. The first-order valence-electron chi connectivity index (χ1n) is 5.46. The molecule has 0 aliphatic rings. The lowest BCUT2D eigenvalue weighted by Crippen LogP contribution is -2.21. The largest absolute Gasteiger partial charge is 0.493 e. The van der Waals surface area contributed by atoms with Gasteiger partial charge in [-0.05, 0) is 25.6 Å². The zero-order chi connectivity index (χ0) is 12.4. The third kappa shape index (κ3) is 1.93. The average Bonchev–Trinajstić information content (AvgIpc) is 2.89. The van der Waals surface area contributed by atoms with E-state index in [1.807, 2.05) is 27.1 Å². The maximum Gasteiger partial charge on any atom is 0.162 e. The Labute approximate surface area is 100 Å². The van der Waals surface area contributed by atoms with E-state index in [4.69, 9.17) is 9.15 Å². The Kier molecular flexibility index (Phi) is 3.19. The second-order valence-electron chi connectivity index (χ2n) is 3.91. The Morgan fingerprint density at radius 1 is 1.53 bits per heavy atom. The van der Waals surface area contributed by atoms with Gasteiger partial charge in [-0.25, -0.2) is 0 Å². The SMILES string of the molecule is CNC(c1occc1C)c1c(OC)cnn1C. The van der Waals surface area contributed by atoms with E-state index in [1.54, 1.807) is 24.3 Å². The van der Waals surface area contributed by atoms with E-state index in [0.717, 1.165) is 22.8 Å². The summed E-state index contributed by atoms with van der Waals surface area (Å²) in [4.78, 5) is 0. The van der Waals surface area contributed by atoms with E-state index in [9.17, 15) is 0 Å². The molecule has 0 radical (unpaired) electrons.